The minimum absolute atomic E-state index is 0.123. The van der Waals surface area contributed by atoms with Crippen molar-refractivity contribution < 1.29 is 17.9 Å². The fourth-order valence-electron chi connectivity index (χ4n) is 3.08. The Morgan fingerprint density at radius 1 is 1.13 bits per heavy atom. The summed E-state index contributed by atoms with van der Waals surface area (Å²) in [6.45, 7) is 2.94. The molecule has 0 spiro atoms. The van der Waals surface area contributed by atoms with Crippen LogP contribution in [0.3, 0.4) is 0 Å². The fourth-order valence-corrected chi connectivity index (χ4v) is 3.08. The van der Waals surface area contributed by atoms with Crippen molar-refractivity contribution in [1.82, 2.24) is 24.9 Å². The standard InChI is InChI=1S/C18H20F3N9O/c19-18(20,21)13-12(10-24-15(22)26-13)14-27-16(25-9-11-3-1-2-4-23-11)29-17(28-14)30-5-7-31-8-6-30/h1,3,10H,2,4-9H2,(H2,22,24,26)(H,25,27,28,29). The van der Waals surface area contributed by atoms with E-state index >= 15 is 0 Å². The maximum Gasteiger partial charge on any atom is 0.434 e. The molecule has 0 unspecified atom stereocenters. The summed E-state index contributed by atoms with van der Waals surface area (Å²) in [7, 11) is 0. The zero-order valence-corrected chi connectivity index (χ0v) is 16.4. The van der Waals surface area contributed by atoms with E-state index in [0.29, 0.717) is 39.4 Å². The molecule has 2 aromatic heterocycles. The predicted molar refractivity (Wildman–Crippen MR) is 108 cm³/mol. The molecular formula is C18H20F3N9O. The third-order valence-corrected chi connectivity index (χ3v) is 4.58. The molecule has 0 bridgehead atoms. The van der Waals surface area contributed by atoms with Gasteiger partial charge in [0.25, 0.3) is 0 Å². The van der Waals surface area contributed by atoms with Gasteiger partial charge in [0.05, 0.1) is 31.0 Å². The van der Waals surface area contributed by atoms with Gasteiger partial charge in [0.1, 0.15) is 0 Å². The molecule has 0 amide bonds. The Morgan fingerprint density at radius 2 is 1.94 bits per heavy atom. The van der Waals surface area contributed by atoms with E-state index in [1.807, 2.05) is 17.1 Å². The zero-order chi connectivity index (χ0) is 21.8. The van der Waals surface area contributed by atoms with Crippen LogP contribution in [0.25, 0.3) is 11.4 Å². The highest BCUT2D eigenvalue weighted by Gasteiger charge is 2.37. The lowest BCUT2D eigenvalue weighted by Crippen LogP contribution is -2.37. The van der Waals surface area contributed by atoms with E-state index in [0.717, 1.165) is 18.3 Å². The van der Waals surface area contributed by atoms with Gasteiger partial charge < -0.3 is 20.7 Å². The van der Waals surface area contributed by atoms with Crippen molar-refractivity contribution in [3.05, 3.63) is 24.0 Å². The van der Waals surface area contributed by atoms with Crippen LogP contribution in [0.15, 0.2) is 23.3 Å². The van der Waals surface area contributed by atoms with E-state index in [9.17, 15) is 13.2 Å². The monoisotopic (exact) mass is 435 g/mol. The smallest absolute Gasteiger partial charge is 0.378 e. The number of nitrogens with two attached hydrogens (primary N) is 1. The molecule has 164 valence electrons. The van der Waals surface area contributed by atoms with E-state index in [-0.39, 0.29) is 23.3 Å². The molecule has 0 saturated carbocycles. The number of rotatable bonds is 5. The van der Waals surface area contributed by atoms with Gasteiger partial charge in [-0.3, -0.25) is 4.99 Å². The molecule has 31 heavy (non-hydrogen) atoms. The molecule has 3 N–H and O–H groups in total. The third-order valence-electron chi connectivity index (χ3n) is 4.58. The number of dihydropyridines is 1. The van der Waals surface area contributed by atoms with Gasteiger partial charge in [0, 0.05) is 25.8 Å². The summed E-state index contributed by atoms with van der Waals surface area (Å²) in [5, 5.41) is 3.02. The zero-order valence-electron chi connectivity index (χ0n) is 16.4. The van der Waals surface area contributed by atoms with E-state index in [4.69, 9.17) is 10.5 Å². The summed E-state index contributed by atoms with van der Waals surface area (Å²) in [5.74, 6) is -0.327. The summed E-state index contributed by atoms with van der Waals surface area (Å²) in [6.07, 6.45) is 0.979. The Bertz CT molecular complexity index is 1000. The van der Waals surface area contributed by atoms with E-state index < -0.39 is 17.8 Å². The van der Waals surface area contributed by atoms with Crippen LogP contribution >= 0.6 is 0 Å². The lowest BCUT2D eigenvalue weighted by molar-refractivity contribution is -0.140. The first-order chi connectivity index (χ1) is 14.9. The summed E-state index contributed by atoms with van der Waals surface area (Å²) >= 11 is 0. The molecule has 0 radical (unpaired) electrons. The lowest BCUT2D eigenvalue weighted by atomic mass is 10.2. The number of alkyl halides is 3. The number of nitrogens with zero attached hydrogens (tertiary/aromatic N) is 7. The van der Waals surface area contributed by atoms with Gasteiger partial charge in [0.15, 0.2) is 11.5 Å². The first-order valence-corrected chi connectivity index (χ1v) is 9.63. The number of ether oxygens (including phenoxy) is 1. The second-order valence-corrected chi connectivity index (χ2v) is 6.79. The number of nitrogens with one attached hydrogen (secondary N) is 1. The molecule has 2 aliphatic heterocycles. The number of nitrogen functional groups attached to an aromatic ring is 1. The molecule has 0 atom stereocenters. The SMILES string of the molecule is Nc1ncc(-c2nc(NCC3=NCCC=C3)nc(N3CCOCC3)n2)c(C(F)(F)F)n1. The predicted octanol–water partition coefficient (Wildman–Crippen LogP) is 1.58. The second kappa shape index (κ2) is 8.79. The van der Waals surface area contributed by atoms with Crippen molar-refractivity contribution in [1.29, 1.82) is 0 Å². The molecule has 2 aromatic rings. The Labute approximate surface area is 175 Å². The average Bonchev–Trinajstić information content (AvgIpc) is 2.78. The van der Waals surface area contributed by atoms with Crippen LogP contribution < -0.4 is 16.0 Å². The number of halogens is 3. The molecule has 1 fully saturated rings. The van der Waals surface area contributed by atoms with E-state index in [1.54, 1.807) is 0 Å². The first-order valence-electron chi connectivity index (χ1n) is 9.63. The number of hydrogen-bond donors (Lipinski definition) is 2. The number of morpholine rings is 1. The topological polar surface area (TPSA) is 127 Å². The molecule has 1 saturated heterocycles. The summed E-state index contributed by atoms with van der Waals surface area (Å²) < 4.78 is 46.1. The maximum absolute atomic E-state index is 13.6. The molecule has 13 heteroatoms. The largest absolute Gasteiger partial charge is 0.434 e. The van der Waals surface area contributed by atoms with Crippen molar-refractivity contribution in [3.8, 4) is 11.4 Å². The Hall–Kier alpha value is -3.35. The highest BCUT2D eigenvalue weighted by atomic mass is 19.4. The highest BCUT2D eigenvalue weighted by Crippen LogP contribution is 2.35. The van der Waals surface area contributed by atoms with E-state index in [1.165, 1.54) is 0 Å². The second-order valence-electron chi connectivity index (χ2n) is 6.79. The molecule has 10 nitrogen and oxygen atoms in total. The van der Waals surface area contributed by atoms with Gasteiger partial charge in [-0.05, 0) is 12.5 Å². The van der Waals surface area contributed by atoms with Crippen LogP contribution in [0.1, 0.15) is 12.1 Å². The van der Waals surface area contributed by atoms with Crippen LogP contribution in [0.5, 0.6) is 0 Å². The summed E-state index contributed by atoms with van der Waals surface area (Å²) in [6, 6.07) is 0. The maximum atomic E-state index is 13.6. The van der Waals surface area contributed by atoms with Crippen LogP contribution in [0.2, 0.25) is 0 Å². The van der Waals surface area contributed by atoms with Gasteiger partial charge in [-0.1, -0.05) is 6.08 Å². The number of hydrogen-bond acceptors (Lipinski definition) is 10. The van der Waals surface area contributed by atoms with Crippen molar-refractivity contribution in [2.45, 2.75) is 12.6 Å². The lowest BCUT2D eigenvalue weighted by Gasteiger charge is -2.27. The van der Waals surface area contributed by atoms with Crippen LogP contribution in [0, 0.1) is 0 Å². The van der Waals surface area contributed by atoms with Gasteiger partial charge >= 0.3 is 6.18 Å². The van der Waals surface area contributed by atoms with Gasteiger partial charge in [-0.25, -0.2) is 9.97 Å². The number of aromatic nitrogens is 5. The number of aliphatic imine (C=N–C) groups is 1. The highest BCUT2D eigenvalue weighted by molar-refractivity contribution is 5.98. The molecular weight excluding hydrogens is 415 g/mol. The normalized spacial score (nSPS) is 16.9. The van der Waals surface area contributed by atoms with Crippen LogP contribution in [-0.2, 0) is 10.9 Å². The Kier molecular flexibility index (Phi) is 5.93. The molecule has 0 aromatic carbocycles. The fraction of sp³-hybridized carbons (Fsp3) is 0.444. The minimum Gasteiger partial charge on any atom is -0.378 e. The van der Waals surface area contributed by atoms with Crippen molar-refractivity contribution in [2.24, 2.45) is 4.99 Å². The van der Waals surface area contributed by atoms with Gasteiger partial charge in [-0.2, -0.15) is 28.1 Å². The van der Waals surface area contributed by atoms with Gasteiger partial charge in [0.2, 0.25) is 17.8 Å². The molecule has 2 aliphatic rings. The van der Waals surface area contributed by atoms with Crippen molar-refractivity contribution in [3.63, 3.8) is 0 Å². The van der Waals surface area contributed by atoms with E-state index in [2.05, 4.69) is 35.2 Å². The van der Waals surface area contributed by atoms with Gasteiger partial charge in [-0.15, -0.1) is 0 Å². The van der Waals surface area contributed by atoms with Crippen LogP contribution in [0.4, 0.5) is 31.0 Å². The molecule has 0 aliphatic carbocycles. The third kappa shape index (κ3) is 5.05. The molecule has 4 heterocycles. The molecule has 4 rings (SSSR count). The summed E-state index contributed by atoms with van der Waals surface area (Å²) in [5.41, 5.74) is 4.60. The number of anilines is 3. The average molecular weight is 435 g/mol. The quantitative estimate of drug-likeness (QED) is 0.719. The Balaban J connectivity index is 1.73. The van der Waals surface area contributed by atoms with Crippen LogP contribution in [-0.4, -0.2) is 70.0 Å². The first kappa shape index (κ1) is 20.9. The Morgan fingerprint density at radius 3 is 2.65 bits per heavy atom. The van der Waals surface area contributed by atoms with Crippen molar-refractivity contribution in [2.75, 3.05) is 55.3 Å². The summed E-state index contributed by atoms with van der Waals surface area (Å²) in [4.78, 5) is 26.1. The minimum atomic E-state index is -4.76. The van der Waals surface area contributed by atoms with Crippen molar-refractivity contribution >= 4 is 23.6 Å².